The van der Waals surface area contributed by atoms with Crippen LogP contribution in [0.4, 0.5) is 4.79 Å². The van der Waals surface area contributed by atoms with Gasteiger partial charge in [-0.25, -0.2) is 9.59 Å². The summed E-state index contributed by atoms with van der Waals surface area (Å²) in [4.78, 5) is 36.1. The average molecular weight is 467 g/mol. The first-order valence-corrected chi connectivity index (χ1v) is 11.7. The number of rotatable bonds is 8. The molecule has 2 aromatic rings. The van der Waals surface area contributed by atoms with Crippen LogP contribution in [0, 0.1) is 5.92 Å². The van der Waals surface area contributed by atoms with Crippen LogP contribution in [-0.4, -0.2) is 53.5 Å². The molecule has 1 saturated carbocycles. The molecule has 0 bridgehead atoms. The molecule has 0 spiro atoms. The zero-order valence-corrected chi connectivity index (χ0v) is 18.9. The van der Waals surface area contributed by atoms with E-state index in [9.17, 15) is 14.4 Å². The Bertz CT molecular complexity index is 1010. The number of aliphatic hydroxyl groups is 1. The van der Waals surface area contributed by atoms with Crippen LogP contribution in [0.15, 0.2) is 48.5 Å². The summed E-state index contributed by atoms with van der Waals surface area (Å²) in [5.74, 6) is -1.89. The van der Waals surface area contributed by atoms with Crippen LogP contribution >= 0.6 is 0 Å². The van der Waals surface area contributed by atoms with E-state index in [0.717, 1.165) is 47.9 Å². The summed E-state index contributed by atoms with van der Waals surface area (Å²) < 4.78 is 5.65. The maximum absolute atomic E-state index is 12.7. The topological polar surface area (TPSA) is 125 Å². The quantitative estimate of drug-likeness (QED) is 0.474. The highest BCUT2D eigenvalue weighted by molar-refractivity contribution is 5.84. The van der Waals surface area contributed by atoms with Crippen molar-refractivity contribution >= 4 is 18.0 Å². The molecule has 8 heteroatoms. The Kier molecular flexibility index (Phi) is 7.47. The SMILES string of the molecule is O=C(CC1CCCCC1NC(=O)OCC1c2ccccc2-c2ccccc21)NC(CO)C(=O)O. The first-order valence-electron chi connectivity index (χ1n) is 11.7. The molecule has 0 aliphatic heterocycles. The van der Waals surface area contributed by atoms with Gasteiger partial charge in [0, 0.05) is 18.4 Å². The van der Waals surface area contributed by atoms with Crippen molar-refractivity contribution in [3.63, 3.8) is 0 Å². The van der Waals surface area contributed by atoms with Gasteiger partial charge in [-0.15, -0.1) is 0 Å². The van der Waals surface area contributed by atoms with Crippen LogP contribution < -0.4 is 10.6 Å². The second-order valence-corrected chi connectivity index (χ2v) is 8.97. The lowest BCUT2D eigenvalue weighted by atomic mass is 9.82. The zero-order valence-electron chi connectivity index (χ0n) is 18.9. The molecule has 2 aliphatic carbocycles. The second kappa shape index (κ2) is 10.7. The van der Waals surface area contributed by atoms with Crippen molar-refractivity contribution in [2.75, 3.05) is 13.2 Å². The van der Waals surface area contributed by atoms with Gasteiger partial charge in [-0.3, -0.25) is 4.79 Å². The van der Waals surface area contributed by atoms with E-state index in [2.05, 4.69) is 34.9 Å². The van der Waals surface area contributed by atoms with Crippen molar-refractivity contribution in [2.24, 2.45) is 5.92 Å². The van der Waals surface area contributed by atoms with Gasteiger partial charge in [0.15, 0.2) is 0 Å². The van der Waals surface area contributed by atoms with E-state index >= 15 is 0 Å². The maximum atomic E-state index is 12.7. The molecule has 2 aromatic carbocycles. The number of fused-ring (bicyclic) bond motifs is 3. The second-order valence-electron chi connectivity index (χ2n) is 8.97. The monoisotopic (exact) mass is 466 g/mol. The number of aliphatic carboxylic acids is 1. The zero-order chi connectivity index (χ0) is 24.1. The number of carbonyl (C=O) groups is 3. The van der Waals surface area contributed by atoms with E-state index in [1.165, 1.54) is 0 Å². The molecule has 180 valence electrons. The predicted octanol–water partition coefficient (Wildman–Crippen LogP) is 3.04. The highest BCUT2D eigenvalue weighted by Gasteiger charge is 2.32. The van der Waals surface area contributed by atoms with Gasteiger partial charge in [0.1, 0.15) is 12.6 Å². The van der Waals surface area contributed by atoms with Crippen molar-refractivity contribution in [1.29, 1.82) is 0 Å². The maximum Gasteiger partial charge on any atom is 0.407 e. The van der Waals surface area contributed by atoms with Gasteiger partial charge in [-0.1, -0.05) is 61.4 Å². The number of hydrogen-bond donors (Lipinski definition) is 4. The summed E-state index contributed by atoms with van der Waals surface area (Å²) >= 11 is 0. The summed E-state index contributed by atoms with van der Waals surface area (Å²) in [7, 11) is 0. The molecule has 0 aromatic heterocycles. The predicted molar refractivity (Wildman–Crippen MR) is 125 cm³/mol. The van der Waals surface area contributed by atoms with Crippen LogP contribution in [0.2, 0.25) is 0 Å². The van der Waals surface area contributed by atoms with Crippen molar-refractivity contribution < 1.29 is 29.3 Å². The average Bonchev–Trinajstić information content (AvgIpc) is 3.16. The third kappa shape index (κ3) is 5.22. The lowest BCUT2D eigenvalue weighted by molar-refractivity contribution is -0.143. The Morgan fingerprint density at radius 3 is 2.21 bits per heavy atom. The fourth-order valence-electron chi connectivity index (χ4n) is 5.11. The van der Waals surface area contributed by atoms with Crippen LogP contribution in [0.1, 0.15) is 49.1 Å². The number of carbonyl (C=O) groups excluding carboxylic acids is 2. The standard InChI is InChI=1S/C26H30N2O6/c29-14-23(25(31)32)27-24(30)13-16-7-1-6-12-22(16)28-26(33)34-15-21-19-10-4-2-8-17(19)18-9-3-5-11-20(18)21/h2-5,8-11,16,21-23,29H,1,6-7,12-15H2,(H,27,30)(H,28,33)(H,31,32). The minimum Gasteiger partial charge on any atom is -0.480 e. The van der Waals surface area contributed by atoms with Crippen LogP contribution in [0.5, 0.6) is 0 Å². The van der Waals surface area contributed by atoms with E-state index in [1.807, 2.05) is 24.3 Å². The van der Waals surface area contributed by atoms with Gasteiger partial charge < -0.3 is 25.6 Å². The smallest absolute Gasteiger partial charge is 0.407 e. The Balaban J connectivity index is 1.35. The number of ether oxygens (including phenoxy) is 1. The fourth-order valence-corrected chi connectivity index (χ4v) is 5.11. The van der Waals surface area contributed by atoms with Crippen LogP contribution in [-0.2, 0) is 14.3 Å². The Morgan fingerprint density at radius 1 is 0.971 bits per heavy atom. The van der Waals surface area contributed by atoms with Gasteiger partial charge in [0.25, 0.3) is 0 Å². The molecule has 8 nitrogen and oxygen atoms in total. The lowest BCUT2D eigenvalue weighted by Gasteiger charge is -2.32. The van der Waals surface area contributed by atoms with Crippen molar-refractivity contribution in [3.8, 4) is 11.1 Å². The molecule has 0 heterocycles. The van der Waals surface area contributed by atoms with Gasteiger partial charge >= 0.3 is 12.1 Å². The molecule has 2 aliphatic rings. The molecule has 1 fully saturated rings. The lowest BCUT2D eigenvalue weighted by Crippen LogP contribution is -2.47. The number of carboxylic acid groups (broad SMARTS) is 1. The summed E-state index contributed by atoms with van der Waals surface area (Å²) in [5.41, 5.74) is 4.60. The van der Waals surface area contributed by atoms with E-state index in [0.29, 0.717) is 0 Å². The third-order valence-corrected chi connectivity index (χ3v) is 6.82. The summed E-state index contributed by atoms with van der Waals surface area (Å²) in [6.07, 6.45) is 2.91. The molecule has 0 radical (unpaired) electrons. The highest BCUT2D eigenvalue weighted by Crippen LogP contribution is 2.44. The highest BCUT2D eigenvalue weighted by atomic mass is 16.5. The molecule has 0 saturated heterocycles. The summed E-state index contributed by atoms with van der Waals surface area (Å²) in [6, 6.07) is 14.7. The number of benzene rings is 2. The number of hydrogen-bond acceptors (Lipinski definition) is 5. The van der Waals surface area contributed by atoms with Gasteiger partial charge in [0.05, 0.1) is 6.61 Å². The summed E-state index contributed by atoms with van der Waals surface area (Å²) in [5, 5.41) is 23.4. The van der Waals surface area contributed by atoms with E-state index in [1.54, 1.807) is 0 Å². The number of nitrogens with one attached hydrogen (secondary N) is 2. The van der Waals surface area contributed by atoms with Crippen LogP contribution in [0.25, 0.3) is 11.1 Å². The molecule has 34 heavy (non-hydrogen) atoms. The van der Waals surface area contributed by atoms with Crippen molar-refractivity contribution in [1.82, 2.24) is 10.6 Å². The molecule has 2 amide bonds. The fraction of sp³-hybridized carbons (Fsp3) is 0.423. The molecule has 4 N–H and O–H groups in total. The number of amides is 2. The molecular formula is C26H30N2O6. The number of aliphatic hydroxyl groups excluding tert-OH is 1. The first-order chi connectivity index (χ1) is 16.5. The Morgan fingerprint density at radius 2 is 1.59 bits per heavy atom. The van der Waals surface area contributed by atoms with Crippen molar-refractivity contribution in [2.45, 2.75) is 50.1 Å². The van der Waals surface area contributed by atoms with Gasteiger partial charge in [-0.2, -0.15) is 0 Å². The minimum absolute atomic E-state index is 0.0301. The molecular weight excluding hydrogens is 436 g/mol. The Labute approximate surface area is 198 Å². The summed E-state index contributed by atoms with van der Waals surface area (Å²) in [6.45, 7) is -0.457. The van der Waals surface area contributed by atoms with Gasteiger partial charge in [-0.05, 0) is 41.0 Å². The molecule has 4 rings (SSSR count). The molecule has 3 unspecified atom stereocenters. The van der Waals surface area contributed by atoms with E-state index < -0.39 is 30.6 Å². The van der Waals surface area contributed by atoms with Gasteiger partial charge in [0.2, 0.25) is 5.91 Å². The number of carboxylic acids is 1. The Hall–Kier alpha value is -3.39. The largest absolute Gasteiger partial charge is 0.480 e. The third-order valence-electron chi connectivity index (χ3n) is 6.82. The van der Waals surface area contributed by atoms with Crippen LogP contribution in [0.3, 0.4) is 0 Å². The molecule has 3 atom stereocenters. The van der Waals surface area contributed by atoms with E-state index in [4.69, 9.17) is 14.9 Å². The minimum atomic E-state index is -1.33. The van der Waals surface area contributed by atoms with E-state index in [-0.39, 0.29) is 30.9 Å². The van der Waals surface area contributed by atoms with Crippen molar-refractivity contribution in [3.05, 3.63) is 59.7 Å². The normalized spacial score (nSPS) is 20.0. The number of alkyl carbamates (subject to hydrolysis) is 1. The first kappa shape index (κ1) is 23.8.